The lowest BCUT2D eigenvalue weighted by atomic mass is 10.0. The first-order valence-corrected chi connectivity index (χ1v) is 13.3. The molecule has 3 aromatic carbocycles. The third-order valence-corrected chi connectivity index (χ3v) is 6.97. The second-order valence-corrected chi connectivity index (χ2v) is 10.2. The molecule has 3 aromatic heterocycles. The van der Waals surface area contributed by atoms with Crippen molar-refractivity contribution < 1.29 is 9.32 Å². The summed E-state index contributed by atoms with van der Waals surface area (Å²) in [6.07, 6.45) is 3.13. The average molecular weight is 586 g/mol. The number of anilines is 1. The Kier molecular flexibility index (Phi) is 7.08. The van der Waals surface area contributed by atoms with E-state index in [9.17, 15) is 9.59 Å². The maximum Gasteiger partial charge on any atom is 0.254 e. The van der Waals surface area contributed by atoms with Crippen LogP contribution in [0.3, 0.4) is 0 Å². The van der Waals surface area contributed by atoms with Gasteiger partial charge in [0.05, 0.1) is 29.3 Å². The lowest BCUT2D eigenvalue weighted by Crippen LogP contribution is -2.34. The molecule has 0 unspecified atom stereocenters. The fraction of sp³-hybridized carbons (Fsp3) is 0.103. The van der Waals surface area contributed by atoms with Crippen LogP contribution < -0.4 is 10.9 Å². The molecule has 10 nitrogen and oxygen atoms in total. The number of halogens is 2. The summed E-state index contributed by atoms with van der Waals surface area (Å²) in [6, 6.07) is 20.5. The van der Waals surface area contributed by atoms with Crippen LogP contribution in [-0.4, -0.2) is 35.6 Å². The van der Waals surface area contributed by atoms with Gasteiger partial charge in [0.1, 0.15) is 6.04 Å². The molecule has 204 valence electrons. The summed E-state index contributed by atoms with van der Waals surface area (Å²) in [5.41, 5.74) is 3.43. The molecular weight excluding hydrogens is 565 g/mol. The zero-order valence-corrected chi connectivity index (χ0v) is 23.0. The summed E-state index contributed by atoms with van der Waals surface area (Å²) in [5.74, 6) is -0.169. The number of fused-ring (bicyclic) bond motifs is 1. The molecule has 0 saturated heterocycles. The normalized spacial score (nSPS) is 12.0. The van der Waals surface area contributed by atoms with E-state index >= 15 is 0 Å². The molecule has 0 aliphatic heterocycles. The van der Waals surface area contributed by atoms with Crippen LogP contribution in [0.2, 0.25) is 10.2 Å². The highest BCUT2D eigenvalue weighted by Gasteiger charge is 2.25. The summed E-state index contributed by atoms with van der Waals surface area (Å²) in [6.45, 7) is 1.94. The van der Waals surface area contributed by atoms with Gasteiger partial charge in [0.25, 0.3) is 5.56 Å². The molecule has 0 fully saturated rings. The Morgan fingerprint density at radius 2 is 1.88 bits per heavy atom. The average Bonchev–Trinajstić information content (AvgIpc) is 3.58. The Hall–Kier alpha value is -4.80. The second kappa shape index (κ2) is 11.0. The van der Waals surface area contributed by atoms with Crippen LogP contribution in [0.4, 0.5) is 5.82 Å². The summed E-state index contributed by atoms with van der Waals surface area (Å²) in [4.78, 5) is 31.8. The van der Waals surface area contributed by atoms with Crippen molar-refractivity contribution in [1.82, 2.24) is 29.7 Å². The van der Waals surface area contributed by atoms with Gasteiger partial charge in [-0.1, -0.05) is 70.0 Å². The molecule has 3 heterocycles. The number of nitrogens with zero attached hydrogens (tertiary/aromatic N) is 6. The van der Waals surface area contributed by atoms with Gasteiger partial charge in [-0.3, -0.25) is 14.2 Å². The van der Waals surface area contributed by atoms with Crippen molar-refractivity contribution >= 4 is 45.9 Å². The zero-order chi connectivity index (χ0) is 28.5. The van der Waals surface area contributed by atoms with E-state index in [1.807, 2.05) is 55.5 Å². The molecular formula is C29H21Cl2N7O3. The van der Waals surface area contributed by atoms with E-state index < -0.39 is 17.5 Å². The number of hydrogen-bond acceptors (Lipinski definition) is 7. The largest absolute Gasteiger partial charge is 0.354 e. The highest BCUT2D eigenvalue weighted by atomic mass is 35.5. The molecule has 6 rings (SSSR count). The van der Waals surface area contributed by atoms with Gasteiger partial charge in [0, 0.05) is 23.1 Å². The number of carbonyl (C=O) groups is 1. The Morgan fingerprint density at radius 1 is 1.05 bits per heavy atom. The fourth-order valence-corrected chi connectivity index (χ4v) is 4.85. The summed E-state index contributed by atoms with van der Waals surface area (Å²) in [7, 11) is 0. The van der Waals surface area contributed by atoms with Gasteiger partial charge in [-0.05, 0) is 48.4 Å². The van der Waals surface area contributed by atoms with Crippen molar-refractivity contribution in [3.8, 4) is 16.9 Å². The summed E-state index contributed by atoms with van der Waals surface area (Å²) in [5, 5.41) is 16.0. The molecule has 0 aliphatic carbocycles. The van der Waals surface area contributed by atoms with Gasteiger partial charge in [-0.15, -0.1) is 5.10 Å². The number of nitrogens with one attached hydrogen (secondary N) is 1. The van der Waals surface area contributed by atoms with Crippen LogP contribution in [0, 0.1) is 6.92 Å². The summed E-state index contributed by atoms with van der Waals surface area (Å²) >= 11 is 12.3. The third kappa shape index (κ3) is 5.47. The quantitative estimate of drug-likeness (QED) is 0.256. The first-order chi connectivity index (χ1) is 19.9. The van der Waals surface area contributed by atoms with Crippen molar-refractivity contribution in [3.63, 3.8) is 0 Å². The Labute approximate surface area is 243 Å². The van der Waals surface area contributed by atoms with Crippen LogP contribution in [0.1, 0.15) is 17.2 Å². The zero-order valence-electron chi connectivity index (χ0n) is 21.5. The number of hydrogen-bond donors (Lipinski definition) is 1. The van der Waals surface area contributed by atoms with Crippen LogP contribution in [-0.2, 0) is 11.2 Å². The first kappa shape index (κ1) is 26.4. The van der Waals surface area contributed by atoms with Crippen LogP contribution in [0.5, 0.6) is 0 Å². The summed E-state index contributed by atoms with van der Waals surface area (Å²) < 4.78 is 8.17. The SMILES string of the molecule is Cc1ccc2c(NC(=O)[C@H](Cc3ccccc3)n3cnc(-c4cc(Cl)ccc4-n4cc(Cl)nn4)cc3=O)noc2c1. The monoisotopic (exact) mass is 585 g/mol. The number of amides is 1. The van der Waals surface area contributed by atoms with Crippen LogP contribution in [0.15, 0.2) is 94.6 Å². The Morgan fingerprint density at radius 3 is 2.63 bits per heavy atom. The number of carbonyl (C=O) groups excluding carboxylic acids is 1. The van der Waals surface area contributed by atoms with Gasteiger partial charge in [0.15, 0.2) is 16.6 Å². The molecule has 6 aromatic rings. The molecule has 1 N–H and O–H groups in total. The van der Waals surface area contributed by atoms with E-state index in [1.54, 1.807) is 18.2 Å². The van der Waals surface area contributed by atoms with Crippen LogP contribution in [0.25, 0.3) is 27.9 Å². The molecule has 0 radical (unpaired) electrons. The molecule has 0 bridgehead atoms. The molecule has 12 heteroatoms. The topological polar surface area (TPSA) is 121 Å². The molecule has 1 atom stereocenters. The Bertz CT molecular complexity index is 1950. The van der Waals surface area contributed by atoms with E-state index in [0.29, 0.717) is 32.9 Å². The maximum atomic E-state index is 13.7. The fourth-order valence-electron chi connectivity index (χ4n) is 4.56. The lowest BCUT2D eigenvalue weighted by Gasteiger charge is -2.19. The van der Waals surface area contributed by atoms with Crippen molar-refractivity contribution in [2.75, 3.05) is 5.32 Å². The van der Waals surface area contributed by atoms with E-state index in [-0.39, 0.29) is 17.4 Å². The van der Waals surface area contributed by atoms with Crippen molar-refractivity contribution in [2.45, 2.75) is 19.4 Å². The van der Waals surface area contributed by atoms with Crippen molar-refractivity contribution in [2.24, 2.45) is 0 Å². The van der Waals surface area contributed by atoms with Gasteiger partial charge >= 0.3 is 0 Å². The third-order valence-electron chi connectivity index (χ3n) is 6.56. The van der Waals surface area contributed by atoms with Gasteiger partial charge < -0.3 is 9.84 Å². The van der Waals surface area contributed by atoms with Crippen molar-refractivity contribution in [1.29, 1.82) is 0 Å². The standard InChI is InChI=1S/C29H21Cl2N7O3/c1-17-7-9-20-25(11-17)41-35-28(20)33-29(40)24(12-18-5-3-2-4-6-18)37-16-32-22(14-27(37)39)21-13-19(30)8-10-23(21)38-15-26(31)34-36-38/h2-11,13-16,24H,12H2,1H3,(H,33,35,40)/t24-/m0/s1. The Balaban J connectivity index is 1.38. The van der Waals surface area contributed by atoms with Crippen molar-refractivity contribution in [3.05, 3.63) is 117 Å². The minimum atomic E-state index is -0.934. The molecule has 0 aliphatic rings. The maximum absolute atomic E-state index is 13.7. The number of aromatic nitrogens is 6. The predicted molar refractivity (Wildman–Crippen MR) is 155 cm³/mol. The molecule has 0 spiro atoms. The van der Waals surface area contributed by atoms with E-state index in [1.165, 1.54) is 27.8 Å². The number of aryl methyl sites for hydroxylation is 1. The predicted octanol–water partition coefficient (Wildman–Crippen LogP) is 5.67. The smallest absolute Gasteiger partial charge is 0.254 e. The van der Waals surface area contributed by atoms with E-state index in [4.69, 9.17) is 27.7 Å². The highest BCUT2D eigenvalue weighted by Crippen LogP contribution is 2.29. The minimum Gasteiger partial charge on any atom is -0.354 e. The van der Waals surface area contributed by atoms with Gasteiger partial charge in [0.2, 0.25) is 5.91 Å². The van der Waals surface area contributed by atoms with E-state index in [0.717, 1.165) is 11.1 Å². The molecule has 41 heavy (non-hydrogen) atoms. The number of rotatable bonds is 7. The minimum absolute atomic E-state index is 0.207. The molecule has 0 saturated carbocycles. The van der Waals surface area contributed by atoms with Gasteiger partial charge in [-0.2, -0.15) is 0 Å². The molecule has 1 amide bonds. The second-order valence-electron chi connectivity index (χ2n) is 9.39. The number of benzene rings is 3. The van der Waals surface area contributed by atoms with Gasteiger partial charge in [-0.25, -0.2) is 9.67 Å². The lowest BCUT2D eigenvalue weighted by molar-refractivity contribution is -0.119. The van der Waals surface area contributed by atoms with E-state index in [2.05, 4.69) is 25.8 Å². The first-order valence-electron chi connectivity index (χ1n) is 12.5. The van der Waals surface area contributed by atoms with Crippen LogP contribution >= 0.6 is 23.2 Å². The highest BCUT2D eigenvalue weighted by molar-refractivity contribution is 6.31.